The van der Waals surface area contributed by atoms with Gasteiger partial charge in [0.05, 0.1) is 0 Å². The average molecular weight is 359 g/mol. The van der Waals surface area contributed by atoms with Gasteiger partial charge in [-0.1, -0.05) is 70.3 Å². The summed E-state index contributed by atoms with van der Waals surface area (Å²) in [6.07, 6.45) is 32.9. The predicted octanol–water partition coefficient (Wildman–Crippen LogP) is 8.87. The number of allylic oxidation sites excluding steroid dienone is 4. The maximum absolute atomic E-state index is 2.58. The molecule has 2 rings (SSSR count). The van der Waals surface area contributed by atoms with E-state index in [1.165, 1.54) is 103 Å². The summed E-state index contributed by atoms with van der Waals surface area (Å²) in [5.74, 6) is 3.84. The molecule has 2 saturated carbocycles. The molecule has 0 spiro atoms. The lowest BCUT2D eigenvalue weighted by atomic mass is 9.79. The van der Waals surface area contributed by atoms with Crippen LogP contribution in [0.2, 0.25) is 0 Å². The molecular weight excluding hydrogens is 312 g/mol. The Morgan fingerprint density at radius 2 is 1.12 bits per heavy atom. The summed E-state index contributed by atoms with van der Waals surface area (Å²) in [7, 11) is 0. The Hall–Kier alpha value is -0.520. The number of hydrogen-bond donors (Lipinski definition) is 0. The molecule has 150 valence electrons. The van der Waals surface area contributed by atoms with Gasteiger partial charge in [-0.3, -0.25) is 0 Å². The van der Waals surface area contributed by atoms with E-state index in [1.807, 2.05) is 0 Å². The van der Waals surface area contributed by atoms with E-state index in [0.29, 0.717) is 0 Å². The van der Waals surface area contributed by atoms with Crippen molar-refractivity contribution in [1.29, 1.82) is 0 Å². The monoisotopic (exact) mass is 358 g/mol. The second kappa shape index (κ2) is 13.6. The summed E-state index contributed by atoms with van der Waals surface area (Å²) in [5, 5.41) is 0. The molecular formula is C26H46. The Morgan fingerprint density at radius 1 is 0.577 bits per heavy atom. The van der Waals surface area contributed by atoms with Gasteiger partial charge >= 0.3 is 0 Å². The lowest BCUT2D eigenvalue weighted by Crippen LogP contribution is -2.13. The minimum absolute atomic E-state index is 0.890. The van der Waals surface area contributed by atoms with Crippen LogP contribution in [0.3, 0.4) is 0 Å². The fraction of sp³-hybridized carbons (Fsp3) is 0.846. The van der Waals surface area contributed by atoms with Crippen LogP contribution in [-0.2, 0) is 0 Å². The third kappa shape index (κ3) is 8.92. The maximum atomic E-state index is 2.58. The Bertz CT molecular complexity index is 375. The number of hydrogen-bond acceptors (Lipinski definition) is 0. The molecule has 2 aliphatic carbocycles. The summed E-state index contributed by atoms with van der Waals surface area (Å²) in [5.41, 5.74) is 0. The summed E-state index contributed by atoms with van der Waals surface area (Å²) in [6.45, 7) is 4.59. The van der Waals surface area contributed by atoms with Gasteiger partial charge in [0.2, 0.25) is 0 Å². The molecule has 0 heterocycles. The van der Waals surface area contributed by atoms with Gasteiger partial charge in [-0.05, 0) is 94.3 Å². The highest BCUT2D eigenvalue weighted by molar-refractivity contribution is 4.93. The molecule has 0 aromatic heterocycles. The van der Waals surface area contributed by atoms with Crippen molar-refractivity contribution in [3.63, 3.8) is 0 Å². The average Bonchev–Trinajstić information content (AvgIpc) is 2.68. The first-order chi connectivity index (χ1) is 12.8. The van der Waals surface area contributed by atoms with Crippen molar-refractivity contribution < 1.29 is 0 Å². The van der Waals surface area contributed by atoms with Crippen LogP contribution in [0.1, 0.15) is 117 Å². The zero-order valence-corrected chi connectivity index (χ0v) is 17.9. The SMILES string of the molecule is CCC/C=C/C1CCC(CC/C=C/C2CCC(CCCCC)CC2)CC1. The van der Waals surface area contributed by atoms with Gasteiger partial charge < -0.3 is 0 Å². The van der Waals surface area contributed by atoms with E-state index in [1.54, 1.807) is 0 Å². The topological polar surface area (TPSA) is 0 Å². The predicted molar refractivity (Wildman–Crippen MR) is 117 cm³/mol. The molecule has 0 bridgehead atoms. The van der Waals surface area contributed by atoms with Crippen LogP contribution in [-0.4, -0.2) is 0 Å². The van der Waals surface area contributed by atoms with Gasteiger partial charge in [-0.25, -0.2) is 0 Å². The molecule has 0 saturated heterocycles. The molecule has 0 atom stereocenters. The Morgan fingerprint density at radius 3 is 1.65 bits per heavy atom. The largest absolute Gasteiger partial charge is 0.0883 e. The highest BCUT2D eigenvalue weighted by Gasteiger charge is 2.20. The van der Waals surface area contributed by atoms with E-state index < -0.39 is 0 Å². The molecule has 0 aromatic carbocycles. The second-order valence-corrected chi connectivity index (χ2v) is 9.28. The van der Waals surface area contributed by atoms with Crippen LogP contribution in [0, 0.1) is 23.7 Å². The molecule has 2 aliphatic rings. The van der Waals surface area contributed by atoms with Crippen molar-refractivity contribution in [2.24, 2.45) is 23.7 Å². The van der Waals surface area contributed by atoms with Gasteiger partial charge in [-0.15, -0.1) is 0 Å². The van der Waals surface area contributed by atoms with E-state index in [9.17, 15) is 0 Å². The van der Waals surface area contributed by atoms with Gasteiger partial charge in [0.25, 0.3) is 0 Å². The molecule has 0 aliphatic heterocycles. The normalized spacial score (nSPS) is 30.4. The van der Waals surface area contributed by atoms with Crippen molar-refractivity contribution in [2.75, 3.05) is 0 Å². The van der Waals surface area contributed by atoms with Crippen LogP contribution in [0.4, 0.5) is 0 Å². The smallest absolute Gasteiger partial charge is 0.0233 e. The molecule has 0 heteroatoms. The minimum atomic E-state index is 0.890. The molecule has 26 heavy (non-hydrogen) atoms. The number of rotatable bonds is 11. The molecule has 0 radical (unpaired) electrons. The Balaban J connectivity index is 1.51. The maximum Gasteiger partial charge on any atom is -0.0233 e. The minimum Gasteiger partial charge on any atom is -0.0883 e. The van der Waals surface area contributed by atoms with Crippen LogP contribution in [0.25, 0.3) is 0 Å². The van der Waals surface area contributed by atoms with Crippen molar-refractivity contribution in [2.45, 2.75) is 117 Å². The van der Waals surface area contributed by atoms with Gasteiger partial charge in [0.1, 0.15) is 0 Å². The van der Waals surface area contributed by atoms with E-state index in [0.717, 1.165) is 23.7 Å². The van der Waals surface area contributed by atoms with Gasteiger partial charge in [-0.2, -0.15) is 0 Å². The van der Waals surface area contributed by atoms with E-state index >= 15 is 0 Å². The van der Waals surface area contributed by atoms with E-state index in [4.69, 9.17) is 0 Å². The summed E-state index contributed by atoms with van der Waals surface area (Å²) in [6, 6.07) is 0. The highest BCUT2D eigenvalue weighted by Crippen LogP contribution is 2.34. The molecule has 0 aromatic rings. The first kappa shape index (κ1) is 21.8. The van der Waals surface area contributed by atoms with Crippen molar-refractivity contribution in [3.05, 3.63) is 24.3 Å². The van der Waals surface area contributed by atoms with Crippen molar-refractivity contribution in [3.8, 4) is 0 Å². The zero-order valence-electron chi connectivity index (χ0n) is 17.9. The second-order valence-electron chi connectivity index (χ2n) is 9.28. The number of unbranched alkanes of at least 4 members (excludes halogenated alkanes) is 3. The lowest BCUT2D eigenvalue weighted by Gasteiger charge is -2.27. The van der Waals surface area contributed by atoms with E-state index in [2.05, 4.69) is 38.2 Å². The first-order valence-corrected chi connectivity index (χ1v) is 12.1. The lowest BCUT2D eigenvalue weighted by molar-refractivity contribution is 0.287. The molecule has 0 N–H and O–H groups in total. The highest BCUT2D eigenvalue weighted by atomic mass is 14.3. The van der Waals surface area contributed by atoms with Crippen molar-refractivity contribution >= 4 is 0 Å². The molecule has 2 fully saturated rings. The van der Waals surface area contributed by atoms with Gasteiger partial charge in [0.15, 0.2) is 0 Å². The first-order valence-electron chi connectivity index (χ1n) is 12.1. The summed E-state index contributed by atoms with van der Waals surface area (Å²) in [4.78, 5) is 0. The standard InChI is InChI=1S/C26H46/c1-3-5-7-11-23-15-19-25(20-16-23)13-9-10-14-26-21-17-24(18-22-26)12-8-6-4-2/h7,10-11,14,23-26H,3-6,8-9,12-13,15-22H2,1-2H3/b11-7+,14-10+. The Kier molecular flexibility index (Phi) is 11.4. The van der Waals surface area contributed by atoms with Crippen LogP contribution < -0.4 is 0 Å². The zero-order chi connectivity index (χ0) is 18.5. The van der Waals surface area contributed by atoms with Crippen LogP contribution in [0.15, 0.2) is 24.3 Å². The third-order valence-electron chi connectivity index (χ3n) is 7.01. The van der Waals surface area contributed by atoms with Crippen molar-refractivity contribution in [1.82, 2.24) is 0 Å². The summed E-state index contributed by atoms with van der Waals surface area (Å²) >= 11 is 0. The fourth-order valence-electron chi connectivity index (χ4n) is 5.10. The molecule has 0 nitrogen and oxygen atoms in total. The summed E-state index contributed by atoms with van der Waals surface area (Å²) < 4.78 is 0. The van der Waals surface area contributed by atoms with E-state index in [-0.39, 0.29) is 0 Å². The quantitative estimate of drug-likeness (QED) is 0.255. The fourth-order valence-corrected chi connectivity index (χ4v) is 5.10. The Labute approximate surface area is 164 Å². The van der Waals surface area contributed by atoms with Gasteiger partial charge in [0, 0.05) is 0 Å². The van der Waals surface area contributed by atoms with Crippen LogP contribution in [0.5, 0.6) is 0 Å². The van der Waals surface area contributed by atoms with Crippen LogP contribution >= 0.6 is 0 Å². The molecule has 0 amide bonds. The third-order valence-corrected chi connectivity index (χ3v) is 7.01. The molecule has 0 unspecified atom stereocenters.